The number of rotatable bonds is 4. The standard InChI is InChI=1S/C12H12ClN3O2/c1-18-8-12(17)15-10-2-4-11(5-3-10)16-7-9(13)6-14-16/h2-7H,8H2,1H3,(H,15,17). The van der Waals surface area contributed by atoms with Gasteiger partial charge in [-0.25, -0.2) is 4.68 Å². The van der Waals surface area contributed by atoms with E-state index in [1.807, 2.05) is 12.1 Å². The predicted octanol–water partition coefficient (Wildman–Crippen LogP) is 2.11. The molecule has 0 saturated carbocycles. The van der Waals surface area contributed by atoms with Gasteiger partial charge in [0.2, 0.25) is 5.91 Å². The molecule has 94 valence electrons. The summed E-state index contributed by atoms with van der Waals surface area (Å²) in [5.74, 6) is -0.188. The van der Waals surface area contributed by atoms with E-state index in [9.17, 15) is 4.79 Å². The minimum Gasteiger partial charge on any atom is -0.375 e. The van der Waals surface area contributed by atoms with E-state index in [1.54, 1.807) is 29.2 Å². The summed E-state index contributed by atoms with van der Waals surface area (Å²) in [4.78, 5) is 11.3. The Morgan fingerprint density at radius 1 is 1.44 bits per heavy atom. The number of carbonyl (C=O) groups is 1. The maximum absolute atomic E-state index is 11.3. The van der Waals surface area contributed by atoms with Gasteiger partial charge in [-0.2, -0.15) is 5.10 Å². The van der Waals surface area contributed by atoms with E-state index in [0.29, 0.717) is 10.7 Å². The molecule has 18 heavy (non-hydrogen) atoms. The molecule has 2 rings (SSSR count). The number of halogens is 1. The fraction of sp³-hybridized carbons (Fsp3) is 0.167. The highest BCUT2D eigenvalue weighted by Gasteiger charge is 2.02. The van der Waals surface area contributed by atoms with Crippen LogP contribution in [0.1, 0.15) is 0 Å². The molecule has 1 N–H and O–H groups in total. The topological polar surface area (TPSA) is 56.1 Å². The molecule has 1 aromatic heterocycles. The second-order valence-corrected chi connectivity index (χ2v) is 4.07. The van der Waals surface area contributed by atoms with Crippen LogP contribution in [-0.4, -0.2) is 29.4 Å². The summed E-state index contributed by atoms with van der Waals surface area (Å²) in [6.45, 7) is 0.0382. The molecule has 5 nitrogen and oxygen atoms in total. The van der Waals surface area contributed by atoms with E-state index in [4.69, 9.17) is 16.3 Å². The maximum atomic E-state index is 11.3. The highest BCUT2D eigenvalue weighted by Crippen LogP contribution is 2.15. The summed E-state index contributed by atoms with van der Waals surface area (Å²) < 4.78 is 6.39. The summed E-state index contributed by atoms with van der Waals surface area (Å²) in [6, 6.07) is 7.26. The van der Waals surface area contributed by atoms with Gasteiger partial charge in [0.1, 0.15) is 6.61 Å². The first-order valence-electron chi connectivity index (χ1n) is 5.28. The molecule has 0 saturated heterocycles. The molecule has 0 radical (unpaired) electrons. The Kier molecular flexibility index (Phi) is 3.96. The van der Waals surface area contributed by atoms with Gasteiger partial charge in [-0.15, -0.1) is 0 Å². The van der Waals surface area contributed by atoms with Crippen LogP contribution in [0.25, 0.3) is 5.69 Å². The van der Waals surface area contributed by atoms with Crippen LogP contribution in [0.15, 0.2) is 36.7 Å². The largest absolute Gasteiger partial charge is 0.375 e. The second kappa shape index (κ2) is 5.66. The van der Waals surface area contributed by atoms with Crippen molar-refractivity contribution < 1.29 is 9.53 Å². The van der Waals surface area contributed by atoms with E-state index in [2.05, 4.69) is 10.4 Å². The van der Waals surface area contributed by atoms with Crippen LogP contribution in [-0.2, 0) is 9.53 Å². The zero-order valence-electron chi connectivity index (χ0n) is 9.76. The third kappa shape index (κ3) is 3.09. The maximum Gasteiger partial charge on any atom is 0.250 e. The van der Waals surface area contributed by atoms with E-state index < -0.39 is 0 Å². The third-order valence-electron chi connectivity index (χ3n) is 2.24. The summed E-state index contributed by atoms with van der Waals surface area (Å²) in [6.07, 6.45) is 3.27. The Morgan fingerprint density at radius 3 is 2.72 bits per heavy atom. The van der Waals surface area contributed by atoms with Crippen molar-refractivity contribution in [1.29, 1.82) is 0 Å². The second-order valence-electron chi connectivity index (χ2n) is 3.63. The van der Waals surface area contributed by atoms with Crippen LogP contribution < -0.4 is 5.32 Å². The fourth-order valence-corrected chi connectivity index (χ4v) is 1.60. The molecule has 1 aromatic carbocycles. The van der Waals surface area contributed by atoms with Gasteiger partial charge in [-0.05, 0) is 24.3 Å². The first-order valence-corrected chi connectivity index (χ1v) is 5.66. The van der Waals surface area contributed by atoms with Crippen molar-refractivity contribution in [3.8, 4) is 5.69 Å². The van der Waals surface area contributed by atoms with Crippen LogP contribution in [0.4, 0.5) is 5.69 Å². The molecule has 6 heteroatoms. The van der Waals surface area contributed by atoms with Gasteiger partial charge in [-0.3, -0.25) is 4.79 Å². The first kappa shape index (κ1) is 12.6. The van der Waals surface area contributed by atoms with Gasteiger partial charge < -0.3 is 10.1 Å². The minimum absolute atomic E-state index is 0.0382. The Balaban J connectivity index is 2.08. The smallest absolute Gasteiger partial charge is 0.250 e. The van der Waals surface area contributed by atoms with Gasteiger partial charge in [0.15, 0.2) is 0 Å². The lowest BCUT2D eigenvalue weighted by molar-refractivity contribution is -0.119. The number of carbonyl (C=O) groups excluding carboxylic acids is 1. The lowest BCUT2D eigenvalue weighted by atomic mass is 10.3. The highest BCUT2D eigenvalue weighted by atomic mass is 35.5. The molecule has 0 aliphatic rings. The molecule has 0 bridgehead atoms. The molecule has 0 aliphatic carbocycles. The monoisotopic (exact) mass is 265 g/mol. The molecule has 0 spiro atoms. The number of ether oxygens (including phenoxy) is 1. The number of hydrogen-bond acceptors (Lipinski definition) is 3. The molecule has 0 fully saturated rings. The van der Waals surface area contributed by atoms with Gasteiger partial charge in [-0.1, -0.05) is 11.6 Å². The number of benzene rings is 1. The quantitative estimate of drug-likeness (QED) is 0.921. The van der Waals surface area contributed by atoms with Crippen molar-refractivity contribution >= 4 is 23.2 Å². The van der Waals surface area contributed by atoms with Crippen molar-refractivity contribution in [2.24, 2.45) is 0 Å². The van der Waals surface area contributed by atoms with Crippen LogP contribution in [0.5, 0.6) is 0 Å². The molecule has 0 aliphatic heterocycles. The lowest BCUT2D eigenvalue weighted by Crippen LogP contribution is -2.16. The van der Waals surface area contributed by atoms with Gasteiger partial charge in [0.05, 0.1) is 16.9 Å². The zero-order chi connectivity index (χ0) is 13.0. The van der Waals surface area contributed by atoms with E-state index in [-0.39, 0.29) is 12.5 Å². The van der Waals surface area contributed by atoms with Crippen LogP contribution in [0, 0.1) is 0 Å². The van der Waals surface area contributed by atoms with E-state index in [0.717, 1.165) is 5.69 Å². The number of amides is 1. The molecule has 2 aromatic rings. The summed E-state index contributed by atoms with van der Waals surface area (Å²) in [5, 5.41) is 7.37. The van der Waals surface area contributed by atoms with Crippen molar-refractivity contribution in [3.05, 3.63) is 41.7 Å². The average Bonchev–Trinajstić information content (AvgIpc) is 2.77. The van der Waals surface area contributed by atoms with E-state index >= 15 is 0 Å². The molecule has 1 heterocycles. The Morgan fingerprint density at radius 2 is 2.17 bits per heavy atom. The number of hydrogen-bond donors (Lipinski definition) is 1. The molecule has 0 atom stereocenters. The van der Waals surface area contributed by atoms with Gasteiger partial charge in [0.25, 0.3) is 0 Å². The molecule has 1 amide bonds. The first-order chi connectivity index (χ1) is 8.69. The highest BCUT2D eigenvalue weighted by molar-refractivity contribution is 6.30. The van der Waals surface area contributed by atoms with Crippen LogP contribution in [0.2, 0.25) is 5.02 Å². The lowest BCUT2D eigenvalue weighted by Gasteiger charge is -2.06. The van der Waals surface area contributed by atoms with Crippen molar-refractivity contribution in [1.82, 2.24) is 9.78 Å². The third-order valence-corrected chi connectivity index (χ3v) is 2.44. The van der Waals surface area contributed by atoms with Crippen LogP contribution >= 0.6 is 11.6 Å². The number of nitrogens with zero attached hydrogens (tertiary/aromatic N) is 2. The number of aromatic nitrogens is 2. The van der Waals surface area contributed by atoms with Gasteiger partial charge in [0, 0.05) is 19.0 Å². The van der Waals surface area contributed by atoms with Crippen molar-refractivity contribution in [2.45, 2.75) is 0 Å². The Labute approximate surface area is 109 Å². The van der Waals surface area contributed by atoms with E-state index in [1.165, 1.54) is 7.11 Å². The molecule has 0 unspecified atom stereocenters. The SMILES string of the molecule is COCC(=O)Nc1ccc(-n2cc(Cl)cn2)cc1. The fourth-order valence-electron chi connectivity index (χ4n) is 1.47. The number of nitrogens with one attached hydrogen (secondary N) is 1. The minimum atomic E-state index is -0.188. The van der Waals surface area contributed by atoms with Crippen molar-refractivity contribution in [3.63, 3.8) is 0 Å². The van der Waals surface area contributed by atoms with Crippen LogP contribution in [0.3, 0.4) is 0 Å². The predicted molar refractivity (Wildman–Crippen MR) is 69.1 cm³/mol. The zero-order valence-corrected chi connectivity index (χ0v) is 10.5. The normalized spacial score (nSPS) is 10.3. The molecular weight excluding hydrogens is 254 g/mol. The number of methoxy groups -OCH3 is 1. The molecular formula is C12H12ClN3O2. The Bertz CT molecular complexity index is 537. The number of anilines is 1. The Hall–Kier alpha value is -1.85. The summed E-state index contributed by atoms with van der Waals surface area (Å²) in [5.41, 5.74) is 1.57. The summed E-state index contributed by atoms with van der Waals surface area (Å²) in [7, 11) is 1.48. The summed E-state index contributed by atoms with van der Waals surface area (Å²) >= 11 is 5.79. The average molecular weight is 266 g/mol. The van der Waals surface area contributed by atoms with Gasteiger partial charge >= 0.3 is 0 Å². The van der Waals surface area contributed by atoms with Crippen molar-refractivity contribution in [2.75, 3.05) is 19.0 Å².